The number of carbonyl (C=O) groups excluding carboxylic acids is 2. The fourth-order valence-electron chi connectivity index (χ4n) is 2.62. The van der Waals surface area contributed by atoms with Gasteiger partial charge in [0.05, 0.1) is 6.54 Å². The van der Waals surface area contributed by atoms with Crippen LogP contribution in [0, 0.1) is 0 Å². The van der Waals surface area contributed by atoms with Crippen molar-refractivity contribution in [1.29, 1.82) is 0 Å². The predicted molar refractivity (Wildman–Crippen MR) is 81.3 cm³/mol. The minimum absolute atomic E-state index is 0.0104. The Labute approximate surface area is 128 Å². The zero-order valence-electron chi connectivity index (χ0n) is 12.2. The molecule has 2 amide bonds. The zero-order valence-corrected chi connectivity index (χ0v) is 12.2. The van der Waals surface area contributed by atoms with Gasteiger partial charge in [-0.25, -0.2) is 0 Å². The standard InChI is InChI=1S/C16H18N4O2/c21-15(11-17-16(22)12-4-2-1-3-5-12)19-13-7-9-20-14(10-13)6-8-18-20/h1-6,8,13H,7,9-11H2,(H,17,22)(H,19,21)/t13-/m0/s1. The van der Waals surface area contributed by atoms with Crippen LogP contribution >= 0.6 is 0 Å². The first-order chi connectivity index (χ1) is 10.7. The number of fused-ring (bicyclic) bond motifs is 1. The molecule has 22 heavy (non-hydrogen) atoms. The number of benzene rings is 1. The number of aromatic nitrogens is 2. The SMILES string of the molecule is O=C(CNC(=O)c1ccccc1)N[C@H]1CCn2nccc2C1. The maximum atomic E-state index is 11.9. The molecule has 1 aromatic heterocycles. The molecule has 114 valence electrons. The number of hydrogen-bond acceptors (Lipinski definition) is 3. The van der Waals surface area contributed by atoms with Crippen molar-refractivity contribution in [3.63, 3.8) is 0 Å². The molecule has 2 aromatic rings. The first-order valence-electron chi connectivity index (χ1n) is 7.35. The number of hydrogen-bond donors (Lipinski definition) is 2. The Bertz CT molecular complexity index is 666. The average Bonchev–Trinajstić information content (AvgIpc) is 3.01. The Kier molecular flexibility index (Phi) is 4.18. The highest BCUT2D eigenvalue weighted by atomic mass is 16.2. The summed E-state index contributed by atoms with van der Waals surface area (Å²) >= 11 is 0. The molecule has 1 aromatic carbocycles. The third-order valence-corrected chi connectivity index (χ3v) is 3.76. The minimum atomic E-state index is -0.238. The molecule has 0 unspecified atom stereocenters. The van der Waals surface area contributed by atoms with E-state index in [2.05, 4.69) is 15.7 Å². The van der Waals surface area contributed by atoms with E-state index in [0.717, 1.165) is 25.1 Å². The number of rotatable bonds is 4. The summed E-state index contributed by atoms with van der Waals surface area (Å²) in [7, 11) is 0. The molecule has 0 saturated heterocycles. The van der Waals surface area contributed by atoms with E-state index in [-0.39, 0.29) is 24.4 Å². The maximum Gasteiger partial charge on any atom is 0.251 e. The van der Waals surface area contributed by atoms with Crippen LogP contribution in [-0.4, -0.2) is 34.2 Å². The number of carbonyl (C=O) groups is 2. The molecular weight excluding hydrogens is 280 g/mol. The molecular formula is C16H18N4O2. The molecule has 6 heteroatoms. The van der Waals surface area contributed by atoms with E-state index < -0.39 is 0 Å². The molecule has 0 radical (unpaired) electrons. The fraction of sp³-hybridized carbons (Fsp3) is 0.312. The van der Waals surface area contributed by atoms with E-state index in [1.807, 2.05) is 16.8 Å². The second-order valence-corrected chi connectivity index (χ2v) is 5.35. The van der Waals surface area contributed by atoms with Crippen molar-refractivity contribution in [2.45, 2.75) is 25.4 Å². The summed E-state index contributed by atoms with van der Waals surface area (Å²) in [5, 5.41) is 9.81. The van der Waals surface area contributed by atoms with Gasteiger partial charge >= 0.3 is 0 Å². The molecule has 1 aliphatic rings. The van der Waals surface area contributed by atoms with Crippen LogP contribution in [0.1, 0.15) is 22.5 Å². The molecule has 1 atom stereocenters. The zero-order chi connectivity index (χ0) is 15.4. The van der Waals surface area contributed by atoms with E-state index >= 15 is 0 Å². The van der Waals surface area contributed by atoms with Crippen LogP contribution in [0.15, 0.2) is 42.6 Å². The summed E-state index contributed by atoms with van der Waals surface area (Å²) in [4.78, 5) is 23.8. The van der Waals surface area contributed by atoms with Crippen molar-refractivity contribution in [3.8, 4) is 0 Å². The Hall–Kier alpha value is -2.63. The molecule has 0 bridgehead atoms. The topological polar surface area (TPSA) is 76.0 Å². The summed E-state index contributed by atoms with van der Waals surface area (Å²) in [6.07, 6.45) is 3.41. The largest absolute Gasteiger partial charge is 0.351 e. The molecule has 0 aliphatic carbocycles. The van der Waals surface area contributed by atoms with Crippen LogP contribution in [0.5, 0.6) is 0 Å². The van der Waals surface area contributed by atoms with Crippen LogP contribution < -0.4 is 10.6 Å². The van der Waals surface area contributed by atoms with Crippen molar-refractivity contribution in [3.05, 3.63) is 53.9 Å². The second kappa shape index (κ2) is 6.43. The summed E-state index contributed by atoms with van der Waals surface area (Å²) in [5.74, 6) is -0.403. The number of nitrogens with zero attached hydrogens (tertiary/aromatic N) is 2. The highest BCUT2D eigenvalue weighted by molar-refractivity contribution is 5.96. The van der Waals surface area contributed by atoms with Crippen LogP contribution in [0.4, 0.5) is 0 Å². The summed E-state index contributed by atoms with van der Waals surface area (Å²) < 4.78 is 1.96. The van der Waals surface area contributed by atoms with Crippen molar-refractivity contribution in [2.24, 2.45) is 0 Å². The van der Waals surface area contributed by atoms with Gasteiger partial charge in [0.1, 0.15) is 0 Å². The molecule has 3 rings (SSSR count). The second-order valence-electron chi connectivity index (χ2n) is 5.35. The molecule has 1 aliphatic heterocycles. The lowest BCUT2D eigenvalue weighted by molar-refractivity contribution is -0.120. The van der Waals surface area contributed by atoms with Crippen molar-refractivity contribution < 1.29 is 9.59 Å². The number of nitrogens with one attached hydrogen (secondary N) is 2. The summed E-state index contributed by atoms with van der Waals surface area (Å²) in [5.41, 5.74) is 1.68. The third kappa shape index (κ3) is 3.33. The van der Waals surface area contributed by atoms with E-state index in [4.69, 9.17) is 0 Å². The Morgan fingerprint density at radius 2 is 2.05 bits per heavy atom. The van der Waals surface area contributed by atoms with Crippen molar-refractivity contribution in [1.82, 2.24) is 20.4 Å². The fourth-order valence-corrected chi connectivity index (χ4v) is 2.62. The molecule has 0 fully saturated rings. The van der Waals surface area contributed by atoms with Gasteiger partial charge < -0.3 is 10.6 Å². The van der Waals surface area contributed by atoms with E-state index in [1.165, 1.54) is 0 Å². The average molecular weight is 298 g/mol. The lowest BCUT2D eigenvalue weighted by atomic mass is 10.0. The van der Waals surface area contributed by atoms with Gasteiger partial charge in [0.2, 0.25) is 5.91 Å². The van der Waals surface area contributed by atoms with Crippen LogP contribution in [0.2, 0.25) is 0 Å². The van der Waals surface area contributed by atoms with Gasteiger partial charge in [-0.15, -0.1) is 0 Å². The molecule has 6 nitrogen and oxygen atoms in total. The van der Waals surface area contributed by atoms with Crippen LogP contribution in [0.25, 0.3) is 0 Å². The molecule has 2 heterocycles. The number of aryl methyl sites for hydroxylation is 1. The Morgan fingerprint density at radius 3 is 2.86 bits per heavy atom. The first kappa shape index (κ1) is 14.3. The normalized spacial score (nSPS) is 16.6. The summed E-state index contributed by atoms with van der Waals surface area (Å²) in [6.45, 7) is 0.799. The van der Waals surface area contributed by atoms with Gasteiger partial charge in [-0.3, -0.25) is 14.3 Å². The van der Waals surface area contributed by atoms with E-state index in [1.54, 1.807) is 30.5 Å². The van der Waals surface area contributed by atoms with Gasteiger partial charge in [0.15, 0.2) is 0 Å². The quantitative estimate of drug-likeness (QED) is 0.874. The van der Waals surface area contributed by atoms with Gasteiger partial charge in [-0.05, 0) is 24.6 Å². The third-order valence-electron chi connectivity index (χ3n) is 3.76. The van der Waals surface area contributed by atoms with Crippen molar-refractivity contribution >= 4 is 11.8 Å². The van der Waals surface area contributed by atoms with Crippen molar-refractivity contribution in [2.75, 3.05) is 6.54 Å². The lowest BCUT2D eigenvalue weighted by Crippen LogP contribution is -2.44. The first-order valence-corrected chi connectivity index (χ1v) is 7.35. The maximum absolute atomic E-state index is 11.9. The summed E-state index contributed by atoms with van der Waals surface area (Å²) in [6, 6.07) is 10.9. The smallest absolute Gasteiger partial charge is 0.251 e. The van der Waals surface area contributed by atoms with Crippen LogP contribution in [-0.2, 0) is 17.8 Å². The van der Waals surface area contributed by atoms with Gasteiger partial charge in [-0.1, -0.05) is 18.2 Å². The molecule has 2 N–H and O–H groups in total. The van der Waals surface area contributed by atoms with E-state index in [9.17, 15) is 9.59 Å². The van der Waals surface area contributed by atoms with E-state index in [0.29, 0.717) is 5.56 Å². The number of amides is 2. The monoisotopic (exact) mass is 298 g/mol. The van der Waals surface area contributed by atoms with Gasteiger partial charge in [0.25, 0.3) is 5.91 Å². The molecule has 0 saturated carbocycles. The van der Waals surface area contributed by atoms with Gasteiger partial charge in [-0.2, -0.15) is 5.10 Å². The Morgan fingerprint density at radius 1 is 1.23 bits per heavy atom. The highest BCUT2D eigenvalue weighted by Crippen LogP contribution is 2.13. The van der Waals surface area contributed by atoms with Crippen LogP contribution in [0.3, 0.4) is 0 Å². The predicted octanol–water partition coefficient (Wildman–Crippen LogP) is 0.744. The highest BCUT2D eigenvalue weighted by Gasteiger charge is 2.20. The van der Waals surface area contributed by atoms with Gasteiger partial charge in [0, 0.05) is 36.5 Å². The Balaban J connectivity index is 1.46. The molecule has 0 spiro atoms. The lowest BCUT2D eigenvalue weighted by Gasteiger charge is -2.24. The minimum Gasteiger partial charge on any atom is -0.351 e.